The Bertz CT molecular complexity index is 1940. The molecule has 56 heavy (non-hydrogen) atoms. The highest BCUT2D eigenvalue weighted by Gasteiger charge is 2.18. The molecular formula is C45H56N6O5. The summed E-state index contributed by atoms with van der Waals surface area (Å²) in [7, 11) is 5.58. The Kier molecular flexibility index (Phi) is 16.8. The van der Waals surface area contributed by atoms with Gasteiger partial charge in [-0.05, 0) is 82.6 Å². The molecule has 0 aromatic heterocycles. The molecule has 1 aliphatic rings. The molecule has 11 nitrogen and oxygen atoms in total. The number of unbranched alkanes of at least 4 members (excludes halogenated alkanes) is 2. The van der Waals surface area contributed by atoms with Crippen molar-refractivity contribution in [2.24, 2.45) is 4.99 Å². The maximum atomic E-state index is 13.0. The summed E-state index contributed by atoms with van der Waals surface area (Å²) in [6.45, 7) is 7.41. The second-order valence-electron chi connectivity index (χ2n) is 14.2. The van der Waals surface area contributed by atoms with E-state index in [-0.39, 0.29) is 17.7 Å². The predicted molar refractivity (Wildman–Crippen MR) is 222 cm³/mol. The van der Waals surface area contributed by atoms with Gasteiger partial charge < -0.3 is 20.0 Å². The molecule has 0 spiro atoms. The molecule has 0 unspecified atom stereocenters. The number of hydroxylamine groups is 1. The fraction of sp³-hybridized carbons (Fsp3) is 0.356. The first-order chi connectivity index (χ1) is 27.0. The molecule has 5 rings (SSSR count). The highest BCUT2D eigenvalue weighted by molar-refractivity contribution is 5.94. The second kappa shape index (κ2) is 21.9. The van der Waals surface area contributed by atoms with Gasteiger partial charge in [0.1, 0.15) is 0 Å². The van der Waals surface area contributed by atoms with Crippen LogP contribution in [0.1, 0.15) is 93.6 Å². The van der Waals surface area contributed by atoms with Gasteiger partial charge in [-0.2, -0.15) is 0 Å². The topological polar surface area (TPSA) is 135 Å². The minimum absolute atomic E-state index is 0.0848. The number of anilines is 1. The van der Waals surface area contributed by atoms with Crippen molar-refractivity contribution in [2.45, 2.75) is 72.0 Å². The zero-order valence-electron chi connectivity index (χ0n) is 33.4. The first kappa shape index (κ1) is 42.9. The van der Waals surface area contributed by atoms with Crippen LogP contribution in [0.4, 0.5) is 5.69 Å². The number of amides is 4. The number of hydrogen-bond acceptors (Lipinski definition) is 7. The quantitative estimate of drug-likeness (QED) is 0.0822. The fourth-order valence-electron chi connectivity index (χ4n) is 6.25. The summed E-state index contributed by atoms with van der Waals surface area (Å²) in [6, 6.07) is 28.5. The van der Waals surface area contributed by atoms with Crippen molar-refractivity contribution in [1.29, 1.82) is 0 Å². The van der Waals surface area contributed by atoms with E-state index in [2.05, 4.69) is 30.2 Å². The third-order valence-electron chi connectivity index (χ3n) is 9.61. The lowest BCUT2D eigenvalue weighted by Gasteiger charge is -2.23. The average molecular weight is 761 g/mol. The lowest BCUT2D eigenvalue weighted by atomic mass is 10.0. The Balaban J connectivity index is 0.000000249. The molecule has 0 bridgehead atoms. The van der Waals surface area contributed by atoms with E-state index in [1.807, 2.05) is 95.7 Å². The molecule has 11 heteroatoms. The summed E-state index contributed by atoms with van der Waals surface area (Å²) in [5.41, 5.74) is 10.0. The number of rotatable bonds is 17. The zero-order valence-corrected chi connectivity index (χ0v) is 33.4. The standard InChI is InChI=1S/C23H27N3O2.C22H29N3O3/c1-3-4-11-26(16-17-5-8-19(9-6-17)23(28)24-2)22(27)13-18-7-10-20-14-25-15-21(20)12-18;1-4-5-13-25(16-17-9-11-19(12-10-17)22(27)23-28)21(26)15-18-7-6-8-20(14-18)24(2)3/h5-10,12,14H,3-4,11,13,15-16H2,1-2H3,(H,24,28);6-12,14,28H,4-5,13,15-16H2,1-3H3,(H,23,27). The molecular weight excluding hydrogens is 705 g/mol. The van der Waals surface area contributed by atoms with Gasteiger partial charge in [0, 0.05) is 70.4 Å². The van der Waals surface area contributed by atoms with Gasteiger partial charge in [0.2, 0.25) is 11.8 Å². The van der Waals surface area contributed by atoms with Crippen LogP contribution < -0.4 is 15.7 Å². The Morgan fingerprint density at radius 2 is 1.20 bits per heavy atom. The first-order valence-electron chi connectivity index (χ1n) is 19.3. The average Bonchev–Trinajstić information content (AvgIpc) is 3.69. The van der Waals surface area contributed by atoms with Crippen LogP contribution in [0.3, 0.4) is 0 Å². The number of carbonyl (C=O) groups excluding carboxylic acids is 4. The van der Waals surface area contributed by atoms with Crippen LogP contribution in [0.25, 0.3) is 0 Å². The van der Waals surface area contributed by atoms with E-state index in [0.717, 1.165) is 65.7 Å². The van der Waals surface area contributed by atoms with Crippen LogP contribution in [-0.2, 0) is 42.1 Å². The van der Waals surface area contributed by atoms with E-state index < -0.39 is 5.91 Å². The Morgan fingerprint density at radius 3 is 1.70 bits per heavy atom. The van der Waals surface area contributed by atoms with Crippen LogP contribution in [0.5, 0.6) is 0 Å². The SMILES string of the molecule is CCCCN(Cc1ccc(C(=O)NC)cc1)C(=O)Cc1ccc2c(c1)CN=C2.CCCCN(Cc1ccc(C(=O)NO)cc1)C(=O)Cc1cccc(N(C)C)c1. The third kappa shape index (κ3) is 12.9. The molecule has 4 aromatic rings. The second-order valence-corrected chi connectivity index (χ2v) is 14.2. The third-order valence-corrected chi connectivity index (χ3v) is 9.61. The van der Waals surface area contributed by atoms with E-state index in [4.69, 9.17) is 5.21 Å². The van der Waals surface area contributed by atoms with E-state index in [1.165, 1.54) is 5.56 Å². The summed E-state index contributed by atoms with van der Waals surface area (Å²) in [4.78, 5) is 59.1. The zero-order chi connectivity index (χ0) is 40.5. The van der Waals surface area contributed by atoms with Gasteiger partial charge in [-0.1, -0.05) is 81.3 Å². The summed E-state index contributed by atoms with van der Waals surface area (Å²) < 4.78 is 0. The van der Waals surface area contributed by atoms with Crippen LogP contribution >= 0.6 is 0 Å². The molecule has 296 valence electrons. The van der Waals surface area contributed by atoms with E-state index in [0.29, 0.717) is 50.1 Å². The Labute approximate surface area is 331 Å². The maximum absolute atomic E-state index is 13.0. The minimum atomic E-state index is -0.550. The molecule has 0 radical (unpaired) electrons. The molecule has 0 saturated carbocycles. The monoisotopic (exact) mass is 760 g/mol. The number of carbonyl (C=O) groups is 4. The van der Waals surface area contributed by atoms with Crippen molar-refractivity contribution < 1.29 is 24.4 Å². The number of nitrogens with zero attached hydrogens (tertiary/aromatic N) is 4. The molecule has 0 fully saturated rings. The van der Waals surface area contributed by atoms with E-state index in [9.17, 15) is 19.2 Å². The van der Waals surface area contributed by atoms with E-state index >= 15 is 0 Å². The van der Waals surface area contributed by atoms with Gasteiger partial charge in [-0.15, -0.1) is 0 Å². The van der Waals surface area contributed by atoms with Gasteiger partial charge in [0.25, 0.3) is 11.8 Å². The number of hydrogen-bond donors (Lipinski definition) is 3. The summed E-state index contributed by atoms with van der Waals surface area (Å²) in [5.74, 6) is -0.443. The molecule has 0 saturated heterocycles. The Morgan fingerprint density at radius 1 is 0.679 bits per heavy atom. The molecule has 4 amide bonds. The van der Waals surface area contributed by atoms with Crippen molar-refractivity contribution in [1.82, 2.24) is 20.6 Å². The first-order valence-corrected chi connectivity index (χ1v) is 19.3. The highest BCUT2D eigenvalue weighted by Crippen LogP contribution is 2.19. The normalized spacial score (nSPS) is 11.2. The number of nitrogens with one attached hydrogen (secondary N) is 2. The summed E-state index contributed by atoms with van der Waals surface area (Å²) >= 11 is 0. The maximum Gasteiger partial charge on any atom is 0.274 e. The highest BCUT2D eigenvalue weighted by atomic mass is 16.5. The number of fused-ring (bicyclic) bond motifs is 1. The fourth-order valence-corrected chi connectivity index (χ4v) is 6.25. The van der Waals surface area contributed by atoms with Crippen molar-refractivity contribution in [2.75, 3.05) is 39.1 Å². The van der Waals surface area contributed by atoms with Gasteiger partial charge >= 0.3 is 0 Å². The van der Waals surface area contributed by atoms with Crippen molar-refractivity contribution in [3.63, 3.8) is 0 Å². The largest absolute Gasteiger partial charge is 0.378 e. The van der Waals surface area contributed by atoms with Crippen molar-refractivity contribution in [3.05, 3.63) is 136 Å². The van der Waals surface area contributed by atoms with Gasteiger partial charge in [0.05, 0.1) is 19.4 Å². The Hall–Kier alpha value is -5.81. The number of aliphatic imine (C=N–C) groups is 1. The smallest absolute Gasteiger partial charge is 0.274 e. The predicted octanol–water partition coefficient (Wildman–Crippen LogP) is 6.59. The molecule has 1 heterocycles. The molecule has 3 N–H and O–H groups in total. The van der Waals surface area contributed by atoms with Gasteiger partial charge in [0.15, 0.2) is 0 Å². The molecule has 0 atom stereocenters. The molecule has 0 aliphatic carbocycles. The van der Waals surface area contributed by atoms with E-state index in [1.54, 1.807) is 36.8 Å². The van der Waals surface area contributed by atoms with Crippen LogP contribution in [-0.4, -0.2) is 79.1 Å². The lowest BCUT2D eigenvalue weighted by Crippen LogP contribution is -2.32. The number of benzene rings is 4. The van der Waals surface area contributed by atoms with Crippen molar-refractivity contribution in [3.8, 4) is 0 Å². The summed E-state index contributed by atoms with van der Waals surface area (Å²) in [5, 5.41) is 11.3. The van der Waals surface area contributed by atoms with Gasteiger partial charge in [-0.25, -0.2) is 5.48 Å². The van der Waals surface area contributed by atoms with Crippen LogP contribution in [0.2, 0.25) is 0 Å². The lowest BCUT2D eigenvalue weighted by molar-refractivity contribution is -0.132. The summed E-state index contributed by atoms with van der Waals surface area (Å²) in [6.07, 6.45) is 6.60. The van der Waals surface area contributed by atoms with Gasteiger partial charge in [-0.3, -0.25) is 29.4 Å². The van der Waals surface area contributed by atoms with Crippen molar-refractivity contribution >= 4 is 35.5 Å². The van der Waals surface area contributed by atoms with Crippen LogP contribution in [0.15, 0.2) is 96.0 Å². The molecule has 4 aromatic carbocycles. The molecule has 1 aliphatic heterocycles. The minimum Gasteiger partial charge on any atom is -0.378 e. The van der Waals surface area contributed by atoms with Crippen LogP contribution in [0, 0.1) is 0 Å².